The number of hydrogen-bond acceptors (Lipinski definition) is 11. The van der Waals surface area contributed by atoms with E-state index in [0.29, 0.717) is 73.1 Å². The molecule has 3 fully saturated rings. The van der Waals surface area contributed by atoms with Crippen molar-refractivity contribution in [2.24, 2.45) is 5.92 Å². The molecule has 0 aliphatic carbocycles. The lowest BCUT2D eigenvalue weighted by molar-refractivity contribution is -0.177. The number of aliphatic hydroxyl groups is 1. The number of urea groups is 1. The minimum absolute atomic E-state index is 0.0200. The van der Waals surface area contributed by atoms with E-state index in [0.717, 1.165) is 27.3 Å². The Balaban J connectivity index is 1.14. The Morgan fingerprint density at radius 2 is 1.43 bits per heavy atom. The molecule has 11 rings (SSSR count). The standard InChI is InChI=1S/C65H62N6O8/c1-44(47-20-9-4-10-21-47)66-64(76)70-55-33-28-45(19-16-34-68(2)43-46-17-7-3-8-18-46)41-54(55)65(63(70)75)56(61(73)67-51-29-31-52(32-30-51)69-35-38-77-39-36-69)58-62(74)79-59(49-24-13-6-14-25-49)57(48-22-11-5-12-23-48)71(58)60(65)50-26-15-27-53(42-50)78-40-37-72/h3-15,17-18,20-33,41-42,44,56-60,72H,34-40,43H2,1-2H3,(H,66,76)(H,67,73)/t44-,56-,57-,58-,59+,60+,65-/m1/s1. The number of amides is 4. The van der Waals surface area contributed by atoms with Gasteiger partial charge in [-0.25, -0.2) is 9.69 Å². The van der Waals surface area contributed by atoms with Crippen LogP contribution in [0.15, 0.2) is 188 Å². The Hall–Kier alpha value is -8.58. The number of anilines is 3. The van der Waals surface area contributed by atoms with Crippen LogP contribution in [-0.2, 0) is 35.8 Å². The predicted molar refractivity (Wildman–Crippen MR) is 302 cm³/mol. The van der Waals surface area contributed by atoms with Crippen molar-refractivity contribution in [3.05, 3.63) is 227 Å². The molecule has 7 aromatic rings. The number of rotatable bonds is 14. The van der Waals surface area contributed by atoms with Gasteiger partial charge in [0.25, 0.3) is 0 Å². The summed E-state index contributed by atoms with van der Waals surface area (Å²) in [5, 5.41) is 16.3. The molecular formula is C65H62N6O8. The van der Waals surface area contributed by atoms with Crippen molar-refractivity contribution in [3.63, 3.8) is 0 Å². The number of carbonyl (C=O) groups is 4. The van der Waals surface area contributed by atoms with Gasteiger partial charge in [0.2, 0.25) is 11.8 Å². The quantitative estimate of drug-likeness (QED) is 0.0706. The van der Waals surface area contributed by atoms with Crippen LogP contribution in [0.2, 0.25) is 0 Å². The Kier molecular flexibility index (Phi) is 15.4. The Morgan fingerprint density at radius 1 is 0.772 bits per heavy atom. The van der Waals surface area contributed by atoms with E-state index in [9.17, 15) is 5.11 Å². The molecule has 14 nitrogen and oxygen atoms in total. The van der Waals surface area contributed by atoms with Crippen LogP contribution >= 0.6 is 0 Å². The number of aliphatic hydroxyl groups excluding tert-OH is 1. The van der Waals surface area contributed by atoms with Gasteiger partial charge >= 0.3 is 12.0 Å². The van der Waals surface area contributed by atoms with Gasteiger partial charge < -0.3 is 34.9 Å². The molecule has 1 spiro atoms. The van der Waals surface area contributed by atoms with E-state index < -0.39 is 65.4 Å². The monoisotopic (exact) mass is 1050 g/mol. The SMILES string of the molecule is C[C@@H](NC(=O)N1C(=O)[C@@]2(c3cc(C#CCN(C)Cc4ccccc4)ccc31)[C@H](c1cccc(OCCO)c1)N1[C@H](c3ccccc3)[C@H](c3ccccc3)OC(=O)[C@H]1[C@@H]2C(=O)Nc1ccc(N2CCOCC2)cc1)c1ccccc1. The first kappa shape index (κ1) is 52.5. The molecule has 14 heteroatoms. The summed E-state index contributed by atoms with van der Waals surface area (Å²) in [6, 6.07) is 54.1. The average molecular weight is 1060 g/mol. The zero-order chi connectivity index (χ0) is 54.5. The highest BCUT2D eigenvalue weighted by atomic mass is 16.6. The van der Waals surface area contributed by atoms with Gasteiger partial charge in [-0.1, -0.05) is 145 Å². The maximum absolute atomic E-state index is 17.0. The normalized spacial score (nSPS) is 21.8. The Bertz CT molecular complexity index is 3370. The molecule has 0 aromatic heterocycles. The second-order valence-electron chi connectivity index (χ2n) is 20.5. The highest BCUT2D eigenvalue weighted by molar-refractivity contribution is 6.25. The predicted octanol–water partition coefficient (Wildman–Crippen LogP) is 9.15. The summed E-state index contributed by atoms with van der Waals surface area (Å²) in [6.07, 6.45) is -0.928. The van der Waals surface area contributed by atoms with Crippen molar-refractivity contribution in [2.45, 2.75) is 49.2 Å². The highest BCUT2D eigenvalue weighted by Crippen LogP contribution is 2.66. The van der Waals surface area contributed by atoms with Crippen molar-refractivity contribution in [3.8, 4) is 17.6 Å². The third kappa shape index (κ3) is 10.4. The van der Waals surface area contributed by atoms with Crippen LogP contribution in [0.3, 0.4) is 0 Å². The Labute approximate surface area is 460 Å². The third-order valence-electron chi connectivity index (χ3n) is 15.5. The number of esters is 1. The van der Waals surface area contributed by atoms with Gasteiger partial charge in [0.1, 0.15) is 29.9 Å². The number of morpholine rings is 2. The van der Waals surface area contributed by atoms with Gasteiger partial charge in [-0.15, -0.1) is 0 Å². The zero-order valence-corrected chi connectivity index (χ0v) is 44.1. The summed E-state index contributed by atoms with van der Waals surface area (Å²) < 4.78 is 18.4. The van der Waals surface area contributed by atoms with Crippen molar-refractivity contribution in [1.82, 2.24) is 15.1 Å². The molecule has 0 unspecified atom stereocenters. The summed E-state index contributed by atoms with van der Waals surface area (Å²) in [7, 11) is 1.99. The van der Waals surface area contributed by atoms with Crippen molar-refractivity contribution in [2.75, 3.05) is 68.2 Å². The zero-order valence-electron chi connectivity index (χ0n) is 44.1. The number of fused-ring (bicyclic) bond motifs is 3. The molecule has 4 aliphatic rings. The molecule has 7 aromatic carbocycles. The number of nitrogens with one attached hydrogen (secondary N) is 2. The number of benzene rings is 7. The van der Waals surface area contributed by atoms with E-state index in [1.165, 1.54) is 0 Å². The van der Waals surface area contributed by atoms with Crippen molar-refractivity contribution >= 4 is 40.9 Å². The van der Waals surface area contributed by atoms with E-state index in [1.54, 1.807) is 30.3 Å². The molecule has 0 saturated carbocycles. The summed E-state index contributed by atoms with van der Waals surface area (Å²) in [6.45, 7) is 5.25. The number of imide groups is 1. The fourth-order valence-electron chi connectivity index (χ4n) is 12.0. The van der Waals surface area contributed by atoms with Gasteiger partial charge in [0.05, 0.1) is 56.1 Å². The maximum Gasteiger partial charge on any atom is 0.329 e. The number of carbonyl (C=O) groups excluding carboxylic acids is 4. The number of hydrogen-bond donors (Lipinski definition) is 3. The first-order valence-corrected chi connectivity index (χ1v) is 26.8. The van der Waals surface area contributed by atoms with E-state index in [1.807, 2.05) is 164 Å². The van der Waals surface area contributed by atoms with Gasteiger partial charge in [0, 0.05) is 36.6 Å². The van der Waals surface area contributed by atoms with E-state index >= 15 is 19.2 Å². The van der Waals surface area contributed by atoms with Crippen LogP contribution < -0.4 is 25.2 Å². The van der Waals surface area contributed by atoms with Crippen LogP contribution in [0.5, 0.6) is 5.75 Å². The van der Waals surface area contributed by atoms with Crippen LogP contribution in [0, 0.1) is 17.8 Å². The molecule has 400 valence electrons. The lowest BCUT2D eigenvalue weighted by atomic mass is 9.65. The average Bonchev–Trinajstić information content (AvgIpc) is 1.91. The minimum Gasteiger partial charge on any atom is -0.491 e. The highest BCUT2D eigenvalue weighted by Gasteiger charge is 2.75. The molecule has 0 radical (unpaired) electrons. The van der Waals surface area contributed by atoms with Gasteiger partial charge in [-0.2, -0.15) is 0 Å². The summed E-state index contributed by atoms with van der Waals surface area (Å²) in [5.41, 5.74) is 4.38. The molecule has 3 N–H and O–H groups in total. The van der Waals surface area contributed by atoms with Gasteiger partial charge in [0.15, 0.2) is 0 Å². The lowest BCUT2D eigenvalue weighted by Crippen LogP contribution is -2.55. The molecule has 79 heavy (non-hydrogen) atoms. The maximum atomic E-state index is 17.0. The lowest BCUT2D eigenvalue weighted by Gasteiger charge is -2.46. The summed E-state index contributed by atoms with van der Waals surface area (Å²) in [5.74, 6) is 3.48. The molecule has 4 amide bonds. The second kappa shape index (κ2) is 23.2. The third-order valence-corrected chi connectivity index (χ3v) is 15.5. The number of cyclic esters (lactones) is 1. The minimum atomic E-state index is -2.06. The van der Waals surface area contributed by atoms with Crippen molar-refractivity contribution in [1.29, 1.82) is 0 Å². The van der Waals surface area contributed by atoms with Gasteiger partial charge in [-0.05, 0) is 102 Å². The molecule has 4 heterocycles. The first-order valence-electron chi connectivity index (χ1n) is 26.8. The van der Waals surface area contributed by atoms with Crippen LogP contribution in [-0.4, -0.2) is 97.9 Å². The second-order valence-corrected chi connectivity index (χ2v) is 20.5. The summed E-state index contributed by atoms with van der Waals surface area (Å²) in [4.78, 5) is 71.8. The largest absolute Gasteiger partial charge is 0.491 e. The molecule has 0 bridgehead atoms. The van der Waals surface area contributed by atoms with Crippen LogP contribution in [0.25, 0.3) is 0 Å². The molecule has 3 saturated heterocycles. The number of nitrogens with zero attached hydrogens (tertiary/aromatic N) is 4. The van der Waals surface area contributed by atoms with Gasteiger partial charge in [-0.3, -0.25) is 24.2 Å². The van der Waals surface area contributed by atoms with E-state index in [-0.39, 0.29) is 18.9 Å². The fraction of sp³-hybridized carbons (Fsp3) is 0.262. The molecular weight excluding hydrogens is 993 g/mol. The summed E-state index contributed by atoms with van der Waals surface area (Å²) >= 11 is 0. The smallest absolute Gasteiger partial charge is 0.329 e. The fourth-order valence-corrected chi connectivity index (χ4v) is 12.0. The first-order chi connectivity index (χ1) is 38.6. The van der Waals surface area contributed by atoms with E-state index in [2.05, 4.69) is 44.4 Å². The molecule has 7 atom stereocenters. The van der Waals surface area contributed by atoms with E-state index in [4.69, 9.17) is 14.2 Å². The topological polar surface area (TPSA) is 153 Å². The van der Waals surface area contributed by atoms with Crippen molar-refractivity contribution < 1.29 is 38.5 Å². The van der Waals surface area contributed by atoms with Crippen LogP contribution in [0.4, 0.5) is 21.9 Å². The Morgan fingerprint density at radius 3 is 2.13 bits per heavy atom. The molecule has 4 aliphatic heterocycles. The van der Waals surface area contributed by atoms with Crippen LogP contribution in [0.1, 0.15) is 70.1 Å². The number of ether oxygens (including phenoxy) is 3.